The van der Waals surface area contributed by atoms with Gasteiger partial charge in [-0.2, -0.15) is 0 Å². The maximum atomic E-state index is 10.1. The highest BCUT2D eigenvalue weighted by Gasteiger charge is 2.63. The summed E-state index contributed by atoms with van der Waals surface area (Å²) in [6.45, 7) is 9.77. The molecular weight excluding hydrogens is 256 g/mol. The average Bonchev–Trinajstić information content (AvgIpc) is 2.68. The first kappa shape index (κ1) is 14.3. The van der Waals surface area contributed by atoms with Crippen LogP contribution >= 0.6 is 0 Å². The normalized spacial score (nSPS) is 56.0. The van der Waals surface area contributed by atoms with Crippen molar-refractivity contribution in [1.82, 2.24) is 0 Å². The van der Waals surface area contributed by atoms with E-state index in [4.69, 9.17) is 0 Å². The molecule has 118 valence electrons. The smallest absolute Gasteiger partial charge is 0.0487 e. The fourth-order valence-electron chi connectivity index (χ4n) is 7.68. The van der Waals surface area contributed by atoms with E-state index in [1.54, 1.807) is 5.57 Å². The van der Waals surface area contributed by atoms with Gasteiger partial charge in [0.2, 0.25) is 0 Å². The lowest BCUT2D eigenvalue weighted by molar-refractivity contribution is -0.158. The van der Waals surface area contributed by atoms with Crippen molar-refractivity contribution in [2.24, 2.45) is 34.0 Å². The zero-order valence-corrected chi connectivity index (χ0v) is 14.0. The van der Waals surface area contributed by atoms with Gasteiger partial charge in [-0.25, -0.2) is 0 Å². The molecule has 1 nitrogen and oxygen atoms in total. The van der Waals surface area contributed by atoms with E-state index >= 15 is 0 Å². The molecule has 0 saturated heterocycles. The Bertz CT molecular complexity index is 468. The summed E-state index contributed by atoms with van der Waals surface area (Å²) < 4.78 is 0. The molecule has 0 aromatic rings. The summed E-state index contributed by atoms with van der Waals surface area (Å²) in [5, 5.41) is 10.1. The first-order chi connectivity index (χ1) is 9.94. The molecule has 1 spiro atoms. The molecule has 2 bridgehead atoms. The summed E-state index contributed by atoms with van der Waals surface area (Å²) in [7, 11) is 0. The molecular formula is C20H32O. The molecule has 0 amide bonds. The second-order valence-electron chi connectivity index (χ2n) is 9.49. The van der Waals surface area contributed by atoms with Gasteiger partial charge in [0.05, 0.1) is 0 Å². The Balaban J connectivity index is 1.73. The lowest BCUT2D eigenvalue weighted by Crippen LogP contribution is -2.57. The van der Waals surface area contributed by atoms with E-state index in [9.17, 15) is 5.11 Å². The van der Waals surface area contributed by atoms with E-state index in [0.29, 0.717) is 17.4 Å². The van der Waals surface area contributed by atoms with Gasteiger partial charge in [-0.15, -0.1) is 0 Å². The maximum Gasteiger partial charge on any atom is 0.0487 e. The molecule has 4 aliphatic carbocycles. The Labute approximate surface area is 130 Å². The van der Waals surface area contributed by atoms with E-state index in [0.717, 1.165) is 17.8 Å². The van der Waals surface area contributed by atoms with E-state index < -0.39 is 0 Å². The highest BCUT2D eigenvalue weighted by Crippen LogP contribution is 2.72. The molecule has 21 heavy (non-hydrogen) atoms. The second kappa shape index (κ2) is 4.37. The van der Waals surface area contributed by atoms with Gasteiger partial charge < -0.3 is 5.11 Å². The molecule has 4 fully saturated rings. The van der Waals surface area contributed by atoms with E-state index in [1.807, 2.05) is 0 Å². The summed E-state index contributed by atoms with van der Waals surface area (Å²) >= 11 is 0. The maximum absolute atomic E-state index is 10.1. The van der Waals surface area contributed by atoms with Crippen LogP contribution in [0.3, 0.4) is 0 Å². The number of hydrogen-bond acceptors (Lipinski definition) is 1. The number of allylic oxidation sites excluding steroid dienone is 1. The minimum absolute atomic E-state index is 0.182. The van der Waals surface area contributed by atoms with Gasteiger partial charge in [0, 0.05) is 6.61 Å². The first-order valence-electron chi connectivity index (χ1n) is 9.22. The monoisotopic (exact) mass is 288 g/mol. The van der Waals surface area contributed by atoms with Crippen molar-refractivity contribution in [3.05, 3.63) is 12.2 Å². The Morgan fingerprint density at radius 3 is 2.67 bits per heavy atom. The van der Waals surface area contributed by atoms with Crippen LogP contribution < -0.4 is 0 Å². The van der Waals surface area contributed by atoms with Gasteiger partial charge in [-0.3, -0.25) is 0 Å². The topological polar surface area (TPSA) is 20.2 Å². The third-order valence-electron chi connectivity index (χ3n) is 8.54. The van der Waals surface area contributed by atoms with Gasteiger partial charge in [-0.05, 0) is 85.4 Å². The Kier molecular flexibility index (Phi) is 2.98. The second-order valence-corrected chi connectivity index (χ2v) is 9.49. The molecule has 1 N–H and O–H groups in total. The van der Waals surface area contributed by atoms with Crippen LogP contribution in [0.1, 0.15) is 71.6 Å². The highest BCUT2D eigenvalue weighted by molar-refractivity contribution is 5.22. The largest absolute Gasteiger partial charge is 0.396 e. The van der Waals surface area contributed by atoms with Crippen molar-refractivity contribution >= 4 is 0 Å². The summed E-state index contributed by atoms with van der Waals surface area (Å²) in [6.07, 6.45) is 12.3. The van der Waals surface area contributed by atoms with Crippen molar-refractivity contribution in [2.75, 3.05) is 6.61 Å². The number of rotatable bonds is 1. The van der Waals surface area contributed by atoms with Crippen molar-refractivity contribution in [1.29, 1.82) is 0 Å². The van der Waals surface area contributed by atoms with Crippen molar-refractivity contribution in [2.45, 2.75) is 71.6 Å². The molecule has 2 unspecified atom stereocenters. The Morgan fingerprint density at radius 1 is 1.10 bits per heavy atom. The average molecular weight is 288 g/mol. The Hall–Kier alpha value is -0.300. The number of hydrogen-bond donors (Lipinski definition) is 1. The minimum atomic E-state index is 0.182. The van der Waals surface area contributed by atoms with Crippen LogP contribution in [0.5, 0.6) is 0 Å². The number of fused-ring (bicyclic) bond motifs is 3. The van der Waals surface area contributed by atoms with Crippen LogP contribution in [0.2, 0.25) is 0 Å². The Morgan fingerprint density at radius 2 is 1.90 bits per heavy atom. The van der Waals surface area contributed by atoms with E-state index in [2.05, 4.69) is 20.4 Å². The van der Waals surface area contributed by atoms with E-state index in [1.165, 1.54) is 57.8 Å². The lowest BCUT2D eigenvalue weighted by atomic mass is 9.41. The summed E-state index contributed by atoms with van der Waals surface area (Å²) in [5.41, 5.74) is 2.82. The molecule has 4 saturated carbocycles. The van der Waals surface area contributed by atoms with Crippen LogP contribution in [0.15, 0.2) is 12.2 Å². The van der Waals surface area contributed by atoms with Crippen LogP contribution in [0, 0.1) is 34.0 Å². The predicted octanol–water partition coefficient (Wildman–Crippen LogP) is 4.95. The summed E-state index contributed by atoms with van der Waals surface area (Å²) in [4.78, 5) is 0. The fraction of sp³-hybridized carbons (Fsp3) is 0.900. The highest BCUT2D eigenvalue weighted by atomic mass is 16.3. The molecule has 0 heterocycles. The van der Waals surface area contributed by atoms with Gasteiger partial charge in [0.15, 0.2) is 0 Å². The molecule has 6 atom stereocenters. The van der Waals surface area contributed by atoms with Gasteiger partial charge in [0.25, 0.3) is 0 Å². The zero-order valence-electron chi connectivity index (χ0n) is 14.0. The quantitative estimate of drug-likeness (QED) is 0.677. The predicted molar refractivity (Wildman–Crippen MR) is 86.9 cm³/mol. The lowest BCUT2D eigenvalue weighted by Gasteiger charge is -2.64. The van der Waals surface area contributed by atoms with Gasteiger partial charge >= 0.3 is 0 Å². The number of aliphatic hydroxyl groups excluding tert-OH is 1. The van der Waals surface area contributed by atoms with Crippen molar-refractivity contribution in [3.63, 3.8) is 0 Å². The van der Waals surface area contributed by atoms with Crippen molar-refractivity contribution in [3.8, 4) is 0 Å². The third-order valence-corrected chi connectivity index (χ3v) is 8.54. The van der Waals surface area contributed by atoms with Crippen LogP contribution in [-0.2, 0) is 0 Å². The molecule has 0 aromatic carbocycles. The molecule has 0 aromatic heterocycles. The SMILES string of the molecule is C=C1C[C@@]23CCC4[C@](C)(CO)CCC[C@@]4(C)C2CC[C@H]1C3. The fourth-order valence-corrected chi connectivity index (χ4v) is 7.68. The van der Waals surface area contributed by atoms with Gasteiger partial charge in [-0.1, -0.05) is 32.4 Å². The summed E-state index contributed by atoms with van der Waals surface area (Å²) in [6, 6.07) is 0. The molecule has 4 aliphatic rings. The third kappa shape index (κ3) is 1.73. The standard InChI is InChI=1S/C20H32O/c1-14-11-20-10-7-16-18(2,13-21)8-4-9-19(16,3)17(20)6-5-15(14)12-20/h15-17,21H,1,4-13H2,2-3H3/t15-,16?,17?,18-,19+,20+/m0/s1. The first-order valence-corrected chi connectivity index (χ1v) is 9.22. The summed E-state index contributed by atoms with van der Waals surface area (Å²) in [5.74, 6) is 2.48. The van der Waals surface area contributed by atoms with Crippen LogP contribution in [0.25, 0.3) is 0 Å². The number of aliphatic hydroxyl groups is 1. The molecule has 4 rings (SSSR count). The van der Waals surface area contributed by atoms with Crippen LogP contribution in [0.4, 0.5) is 0 Å². The molecule has 0 radical (unpaired) electrons. The van der Waals surface area contributed by atoms with Crippen molar-refractivity contribution < 1.29 is 5.11 Å². The van der Waals surface area contributed by atoms with Gasteiger partial charge in [0.1, 0.15) is 0 Å². The van der Waals surface area contributed by atoms with Crippen LogP contribution in [-0.4, -0.2) is 11.7 Å². The molecule has 1 heteroatoms. The zero-order chi connectivity index (χ0) is 14.9. The van der Waals surface area contributed by atoms with E-state index in [-0.39, 0.29) is 5.41 Å². The minimum Gasteiger partial charge on any atom is -0.396 e. The molecule has 0 aliphatic heterocycles.